The van der Waals surface area contributed by atoms with Gasteiger partial charge >= 0.3 is 0 Å². The molecule has 2 atom stereocenters. The average molecular weight is 297 g/mol. The first-order chi connectivity index (χ1) is 8.20. The lowest BCUT2D eigenvalue weighted by atomic mass is 9.94. The Labute approximate surface area is 110 Å². The predicted molar refractivity (Wildman–Crippen MR) is 71.3 cm³/mol. The number of amides is 1. The minimum atomic E-state index is 0.0868. The maximum absolute atomic E-state index is 12.3. The quantitative estimate of drug-likeness (QED) is 0.786. The molecule has 17 heavy (non-hydrogen) atoms. The maximum atomic E-state index is 12.3. The fourth-order valence-electron chi connectivity index (χ4n) is 2.35. The Bertz CT molecular complexity index is 382. The van der Waals surface area contributed by atoms with Gasteiger partial charge in [0.05, 0.1) is 0 Å². The van der Waals surface area contributed by atoms with Crippen molar-refractivity contribution >= 4 is 21.8 Å². The molecule has 3 nitrogen and oxygen atoms in total. The Morgan fingerprint density at radius 2 is 2.00 bits per heavy atom. The van der Waals surface area contributed by atoms with Crippen LogP contribution in [0.25, 0.3) is 0 Å². The summed E-state index contributed by atoms with van der Waals surface area (Å²) in [7, 11) is 1.90. The van der Waals surface area contributed by atoms with Crippen LogP contribution in [0, 0.1) is 0 Å². The predicted octanol–water partition coefficient (Wildman–Crippen LogP) is 2.86. The van der Waals surface area contributed by atoms with E-state index in [9.17, 15) is 4.79 Å². The van der Waals surface area contributed by atoms with Crippen LogP contribution in [0.1, 0.15) is 36.0 Å². The van der Waals surface area contributed by atoms with E-state index in [2.05, 4.69) is 20.9 Å². The molecule has 0 aliphatic heterocycles. The summed E-state index contributed by atoms with van der Waals surface area (Å²) in [6.45, 7) is 0. The molecule has 1 aromatic heterocycles. The van der Waals surface area contributed by atoms with Crippen LogP contribution in [0.5, 0.6) is 0 Å². The standard InChI is InChI=1S/C13H17BrN2O/c1-16(12-5-3-2-4-11(12)14)13(17)10-6-8-15-9-7-10/h6-9,11-12H,2-5H2,1H3. The topological polar surface area (TPSA) is 33.2 Å². The molecule has 4 heteroatoms. The van der Waals surface area contributed by atoms with Gasteiger partial charge in [0, 0.05) is 35.9 Å². The van der Waals surface area contributed by atoms with Crippen molar-refractivity contribution in [3.8, 4) is 0 Å². The van der Waals surface area contributed by atoms with E-state index < -0.39 is 0 Å². The molecule has 0 N–H and O–H groups in total. The molecule has 2 unspecified atom stereocenters. The van der Waals surface area contributed by atoms with Crippen molar-refractivity contribution in [2.75, 3.05) is 7.05 Å². The second-order valence-electron chi connectivity index (χ2n) is 4.52. The monoisotopic (exact) mass is 296 g/mol. The fraction of sp³-hybridized carbons (Fsp3) is 0.538. The third-order valence-electron chi connectivity index (χ3n) is 3.39. The molecule has 0 aromatic carbocycles. The number of hydrogen-bond acceptors (Lipinski definition) is 2. The second-order valence-corrected chi connectivity index (χ2v) is 5.70. The lowest BCUT2D eigenvalue weighted by molar-refractivity contribution is 0.0704. The fourth-order valence-corrected chi connectivity index (χ4v) is 3.29. The average Bonchev–Trinajstić information content (AvgIpc) is 2.39. The second kappa shape index (κ2) is 5.63. The van der Waals surface area contributed by atoms with Crippen LogP contribution in [0.4, 0.5) is 0 Å². The van der Waals surface area contributed by atoms with E-state index in [1.54, 1.807) is 24.5 Å². The first-order valence-corrected chi connectivity index (χ1v) is 6.93. The molecule has 1 amide bonds. The van der Waals surface area contributed by atoms with Gasteiger partial charge in [0.2, 0.25) is 0 Å². The van der Waals surface area contributed by atoms with Gasteiger partial charge in [0.15, 0.2) is 0 Å². The van der Waals surface area contributed by atoms with Crippen LogP contribution in [0.15, 0.2) is 24.5 Å². The van der Waals surface area contributed by atoms with E-state index in [1.807, 2.05) is 11.9 Å². The van der Waals surface area contributed by atoms with Crippen LogP contribution in [-0.2, 0) is 0 Å². The van der Waals surface area contributed by atoms with Crippen molar-refractivity contribution in [1.82, 2.24) is 9.88 Å². The lowest BCUT2D eigenvalue weighted by Crippen LogP contribution is -2.44. The highest BCUT2D eigenvalue weighted by molar-refractivity contribution is 9.09. The third-order valence-corrected chi connectivity index (χ3v) is 4.46. The highest BCUT2D eigenvalue weighted by Gasteiger charge is 2.29. The van der Waals surface area contributed by atoms with Gasteiger partial charge in [0.25, 0.3) is 5.91 Å². The molecule has 1 aliphatic carbocycles. The number of aromatic nitrogens is 1. The largest absolute Gasteiger partial charge is 0.338 e. The number of alkyl halides is 1. The Morgan fingerprint density at radius 3 is 2.65 bits per heavy atom. The van der Waals surface area contributed by atoms with Crippen molar-refractivity contribution in [3.05, 3.63) is 30.1 Å². The van der Waals surface area contributed by atoms with Gasteiger partial charge in [-0.1, -0.05) is 28.8 Å². The summed E-state index contributed by atoms with van der Waals surface area (Å²) < 4.78 is 0. The molecule has 0 saturated heterocycles. The number of rotatable bonds is 2. The molecule has 1 fully saturated rings. The number of carbonyl (C=O) groups excluding carboxylic acids is 1. The van der Waals surface area contributed by atoms with E-state index in [1.165, 1.54) is 12.8 Å². The van der Waals surface area contributed by atoms with E-state index in [0.29, 0.717) is 16.4 Å². The highest BCUT2D eigenvalue weighted by Crippen LogP contribution is 2.28. The normalized spacial score (nSPS) is 24.4. The SMILES string of the molecule is CN(C(=O)c1ccncc1)C1CCCCC1Br. The van der Waals surface area contributed by atoms with Crippen molar-refractivity contribution in [3.63, 3.8) is 0 Å². The van der Waals surface area contributed by atoms with Gasteiger partial charge in [-0.2, -0.15) is 0 Å². The summed E-state index contributed by atoms with van der Waals surface area (Å²) in [5.74, 6) is 0.0868. The minimum absolute atomic E-state index is 0.0868. The maximum Gasteiger partial charge on any atom is 0.253 e. The summed E-state index contributed by atoms with van der Waals surface area (Å²) in [4.78, 5) is 18.5. The van der Waals surface area contributed by atoms with Crippen molar-refractivity contribution in [2.45, 2.75) is 36.6 Å². The highest BCUT2D eigenvalue weighted by atomic mass is 79.9. The summed E-state index contributed by atoms with van der Waals surface area (Å²) in [5.41, 5.74) is 0.716. The number of carbonyl (C=O) groups is 1. The smallest absolute Gasteiger partial charge is 0.253 e. The Morgan fingerprint density at radius 1 is 1.35 bits per heavy atom. The first-order valence-electron chi connectivity index (χ1n) is 6.01. The molecule has 0 radical (unpaired) electrons. The van der Waals surface area contributed by atoms with Crippen molar-refractivity contribution in [1.29, 1.82) is 0 Å². The Hall–Kier alpha value is -0.900. The third kappa shape index (κ3) is 2.86. The first kappa shape index (κ1) is 12.6. The summed E-state index contributed by atoms with van der Waals surface area (Å²) in [6, 6.07) is 3.85. The van der Waals surface area contributed by atoms with E-state index >= 15 is 0 Å². The Balaban J connectivity index is 2.09. The summed E-state index contributed by atoms with van der Waals surface area (Å²) >= 11 is 3.69. The molecular weight excluding hydrogens is 280 g/mol. The molecule has 1 saturated carbocycles. The van der Waals surface area contributed by atoms with E-state index in [0.717, 1.165) is 12.8 Å². The van der Waals surface area contributed by atoms with Gasteiger partial charge < -0.3 is 4.90 Å². The Kier molecular flexibility index (Phi) is 4.15. The van der Waals surface area contributed by atoms with Gasteiger partial charge in [-0.3, -0.25) is 9.78 Å². The molecule has 0 spiro atoms. The van der Waals surface area contributed by atoms with Crippen LogP contribution >= 0.6 is 15.9 Å². The van der Waals surface area contributed by atoms with Gasteiger partial charge in [-0.25, -0.2) is 0 Å². The zero-order valence-electron chi connectivity index (χ0n) is 9.97. The lowest BCUT2D eigenvalue weighted by Gasteiger charge is -2.35. The van der Waals surface area contributed by atoms with E-state index in [-0.39, 0.29) is 5.91 Å². The molecule has 1 heterocycles. The van der Waals surface area contributed by atoms with Gasteiger partial charge in [0.1, 0.15) is 0 Å². The van der Waals surface area contributed by atoms with Crippen LogP contribution in [-0.4, -0.2) is 33.7 Å². The molecule has 1 aliphatic rings. The van der Waals surface area contributed by atoms with Crippen molar-refractivity contribution in [2.24, 2.45) is 0 Å². The van der Waals surface area contributed by atoms with Crippen LogP contribution in [0.2, 0.25) is 0 Å². The molecule has 2 rings (SSSR count). The van der Waals surface area contributed by atoms with Crippen molar-refractivity contribution < 1.29 is 4.79 Å². The minimum Gasteiger partial charge on any atom is -0.338 e. The zero-order chi connectivity index (χ0) is 12.3. The molecule has 92 valence electrons. The van der Waals surface area contributed by atoms with Gasteiger partial charge in [-0.05, 0) is 25.0 Å². The number of halogens is 1. The number of hydrogen-bond donors (Lipinski definition) is 0. The number of pyridine rings is 1. The van der Waals surface area contributed by atoms with Crippen LogP contribution in [0.3, 0.4) is 0 Å². The van der Waals surface area contributed by atoms with Crippen LogP contribution < -0.4 is 0 Å². The number of nitrogens with zero attached hydrogens (tertiary/aromatic N) is 2. The molecular formula is C13H17BrN2O. The van der Waals surface area contributed by atoms with Gasteiger partial charge in [-0.15, -0.1) is 0 Å². The molecule has 1 aromatic rings. The molecule has 0 bridgehead atoms. The zero-order valence-corrected chi connectivity index (χ0v) is 11.6. The van der Waals surface area contributed by atoms with E-state index in [4.69, 9.17) is 0 Å². The summed E-state index contributed by atoms with van der Waals surface area (Å²) in [6.07, 6.45) is 8.02. The summed E-state index contributed by atoms with van der Waals surface area (Å²) in [5, 5.41) is 0.